The maximum Gasteiger partial charge on any atom is 0.222 e. The van der Waals surface area contributed by atoms with Gasteiger partial charge >= 0.3 is 0 Å². The Morgan fingerprint density at radius 1 is 1.50 bits per heavy atom. The second-order valence-corrected chi connectivity index (χ2v) is 3.77. The summed E-state index contributed by atoms with van der Waals surface area (Å²) >= 11 is 0. The molecule has 5 nitrogen and oxygen atoms in total. The number of azide groups is 1. The average Bonchev–Trinajstić information content (AvgIpc) is 2.71. The Kier molecular flexibility index (Phi) is 2.79. The molecule has 0 aliphatic heterocycles. The lowest BCUT2D eigenvalue weighted by Gasteiger charge is -2.02. The Hall–Kier alpha value is -2.00. The van der Waals surface area contributed by atoms with Crippen LogP contribution in [0, 0.1) is 5.92 Å². The lowest BCUT2D eigenvalue weighted by Crippen LogP contribution is -2.10. The summed E-state index contributed by atoms with van der Waals surface area (Å²) in [6.07, 6.45) is 1.28. The third-order valence-electron chi connectivity index (χ3n) is 2.84. The lowest BCUT2D eigenvalue weighted by molar-refractivity contribution is -0.121. The molecule has 16 heavy (non-hydrogen) atoms. The van der Waals surface area contributed by atoms with Crippen LogP contribution in [0.15, 0.2) is 23.3 Å². The molecule has 2 rings (SSSR count). The molecule has 1 atom stereocenters. The van der Waals surface area contributed by atoms with Gasteiger partial charge in [0, 0.05) is 10.8 Å². The van der Waals surface area contributed by atoms with E-state index in [0.29, 0.717) is 12.8 Å². The third kappa shape index (κ3) is 1.85. The van der Waals surface area contributed by atoms with Gasteiger partial charge < -0.3 is 4.74 Å². The summed E-state index contributed by atoms with van der Waals surface area (Å²) in [7, 11) is 1.61. The Bertz CT molecular complexity index is 478. The summed E-state index contributed by atoms with van der Waals surface area (Å²) in [5.74, 6) is 0.200. The van der Waals surface area contributed by atoms with Crippen molar-refractivity contribution in [1.82, 2.24) is 0 Å². The Labute approximate surface area is 92.7 Å². The van der Waals surface area contributed by atoms with Gasteiger partial charge in [0.25, 0.3) is 0 Å². The van der Waals surface area contributed by atoms with Crippen molar-refractivity contribution in [2.24, 2.45) is 11.0 Å². The van der Waals surface area contributed by atoms with Crippen molar-refractivity contribution in [3.8, 4) is 5.75 Å². The summed E-state index contributed by atoms with van der Waals surface area (Å²) < 4.78 is 5.12. The number of nitrogens with zero attached hydrogens (tertiary/aromatic N) is 3. The van der Waals surface area contributed by atoms with Crippen LogP contribution in [0.5, 0.6) is 5.75 Å². The lowest BCUT2D eigenvalue weighted by atomic mass is 10.1. The van der Waals surface area contributed by atoms with Gasteiger partial charge in [-0.15, -0.1) is 0 Å². The predicted molar refractivity (Wildman–Crippen MR) is 58.0 cm³/mol. The van der Waals surface area contributed by atoms with Crippen LogP contribution in [0.2, 0.25) is 0 Å². The van der Waals surface area contributed by atoms with E-state index >= 15 is 0 Å². The molecule has 0 saturated carbocycles. The van der Waals surface area contributed by atoms with E-state index in [1.54, 1.807) is 7.11 Å². The average molecular weight is 217 g/mol. The first-order chi connectivity index (χ1) is 7.74. The summed E-state index contributed by atoms with van der Waals surface area (Å²) in [6.45, 7) is 0. The molecule has 1 amide bonds. The van der Waals surface area contributed by atoms with Gasteiger partial charge in [-0.05, 0) is 46.7 Å². The number of amides is 1. The highest BCUT2D eigenvalue weighted by Gasteiger charge is 2.26. The third-order valence-corrected chi connectivity index (χ3v) is 2.84. The molecule has 82 valence electrons. The number of benzene rings is 1. The Balaban J connectivity index is 2.20. The molecule has 0 aromatic heterocycles. The van der Waals surface area contributed by atoms with E-state index in [2.05, 4.69) is 10.0 Å². The number of carbonyl (C=O) groups excluding carboxylic acids is 1. The number of fused-ring (bicyclic) bond motifs is 1. The van der Waals surface area contributed by atoms with Crippen LogP contribution in [-0.4, -0.2) is 13.0 Å². The Morgan fingerprint density at radius 2 is 2.25 bits per heavy atom. The minimum Gasteiger partial charge on any atom is -0.497 e. The molecule has 1 unspecified atom stereocenters. The second-order valence-electron chi connectivity index (χ2n) is 3.77. The molecule has 0 fully saturated rings. The number of hydrogen-bond donors (Lipinski definition) is 0. The number of carbonyl (C=O) groups is 1. The molecule has 5 heteroatoms. The molecule has 1 aliphatic carbocycles. The van der Waals surface area contributed by atoms with E-state index in [0.717, 1.165) is 16.9 Å². The molecule has 0 heterocycles. The summed E-state index contributed by atoms with van der Waals surface area (Å²) in [6, 6.07) is 5.76. The smallest absolute Gasteiger partial charge is 0.222 e. The van der Waals surface area contributed by atoms with Crippen molar-refractivity contribution in [2.75, 3.05) is 7.11 Å². The molecule has 0 saturated heterocycles. The van der Waals surface area contributed by atoms with Gasteiger partial charge in [-0.1, -0.05) is 6.07 Å². The van der Waals surface area contributed by atoms with Crippen molar-refractivity contribution < 1.29 is 9.53 Å². The molecule has 0 spiro atoms. The zero-order valence-corrected chi connectivity index (χ0v) is 8.88. The highest BCUT2D eigenvalue weighted by Crippen LogP contribution is 2.30. The highest BCUT2D eigenvalue weighted by atomic mass is 16.5. The van der Waals surface area contributed by atoms with Crippen molar-refractivity contribution in [1.29, 1.82) is 0 Å². The predicted octanol–water partition coefficient (Wildman–Crippen LogP) is 2.25. The van der Waals surface area contributed by atoms with E-state index in [1.165, 1.54) is 0 Å². The minimum absolute atomic E-state index is 0.210. The maximum atomic E-state index is 11.4. The van der Waals surface area contributed by atoms with E-state index < -0.39 is 0 Å². The van der Waals surface area contributed by atoms with E-state index in [9.17, 15) is 4.79 Å². The van der Waals surface area contributed by atoms with Crippen molar-refractivity contribution >= 4 is 5.91 Å². The first-order valence-electron chi connectivity index (χ1n) is 4.99. The molecular weight excluding hydrogens is 206 g/mol. The first-order valence-corrected chi connectivity index (χ1v) is 4.99. The zero-order valence-electron chi connectivity index (χ0n) is 8.88. The topological polar surface area (TPSA) is 75.1 Å². The van der Waals surface area contributed by atoms with E-state index in [1.807, 2.05) is 18.2 Å². The maximum absolute atomic E-state index is 11.4. The number of hydrogen-bond acceptors (Lipinski definition) is 2. The van der Waals surface area contributed by atoms with Gasteiger partial charge in [0.15, 0.2) is 0 Å². The van der Waals surface area contributed by atoms with Gasteiger partial charge in [0.05, 0.1) is 7.11 Å². The van der Waals surface area contributed by atoms with Crippen molar-refractivity contribution in [3.63, 3.8) is 0 Å². The van der Waals surface area contributed by atoms with Crippen LogP contribution in [0.1, 0.15) is 11.1 Å². The largest absolute Gasteiger partial charge is 0.497 e. The molecule has 1 aliphatic rings. The van der Waals surface area contributed by atoms with Crippen LogP contribution in [0.3, 0.4) is 0 Å². The molecule has 1 aromatic rings. The fraction of sp³-hybridized carbons (Fsp3) is 0.364. The van der Waals surface area contributed by atoms with Gasteiger partial charge in [0.2, 0.25) is 5.91 Å². The Morgan fingerprint density at radius 3 is 2.94 bits per heavy atom. The van der Waals surface area contributed by atoms with Crippen LogP contribution >= 0.6 is 0 Å². The van der Waals surface area contributed by atoms with Gasteiger partial charge in [0.1, 0.15) is 5.75 Å². The molecular formula is C11H11N3O2. The van der Waals surface area contributed by atoms with Gasteiger partial charge in [-0.3, -0.25) is 4.79 Å². The van der Waals surface area contributed by atoms with Crippen LogP contribution in [-0.2, 0) is 17.6 Å². The van der Waals surface area contributed by atoms with Crippen molar-refractivity contribution in [2.45, 2.75) is 12.8 Å². The minimum atomic E-state index is -0.377. The van der Waals surface area contributed by atoms with Crippen molar-refractivity contribution in [3.05, 3.63) is 39.8 Å². The number of methoxy groups -OCH3 is 1. The molecule has 1 aromatic carbocycles. The second kappa shape index (κ2) is 4.24. The van der Waals surface area contributed by atoms with Crippen LogP contribution in [0.4, 0.5) is 0 Å². The SMILES string of the molecule is COc1ccc2c(c1)CC(C(=O)N=[N+]=[N-])C2. The summed E-state index contributed by atoms with van der Waals surface area (Å²) in [5, 5.41) is 3.14. The van der Waals surface area contributed by atoms with E-state index in [-0.39, 0.29) is 11.8 Å². The number of rotatable bonds is 2. The zero-order chi connectivity index (χ0) is 11.5. The van der Waals surface area contributed by atoms with Gasteiger partial charge in [-0.25, -0.2) is 0 Å². The fourth-order valence-corrected chi connectivity index (χ4v) is 2.02. The van der Waals surface area contributed by atoms with Gasteiger partial charge in [-0.2, -0.15) is 0 Å². The summed E-state index contributed by atoms with van der Waals surface area (Å²) in [5.41, 5.74) is 10.4. The molecule has 0 N–H and O–H groups in total. The quantitative estimate of drug-likeness (QED) is 0.432. The monoisotopic (exact) mass is 217 g/mol. The van der Waals surface area contributed by atoms with Crippen LogP contribution in [0.25, 0.3) is 10.4 Å². The molecule has 0 radical (unpaired) electrons. The first kappa shape index (κ1) is 10.5. The fourth-order valence-electron chi connectivity index (χ4n) is 2.02. The standard InChI is InChI=1S/C11H11N3O2/c1-16-10-3-2-7-4-9(5-8(7)6-10)11(15)13-14-12/h2-3,6,9H,4-5H2,1H3. The van der Waals surface area contributed by atoms with E-state index in [4.69, 9.17) is 10.3 Å². The summed E-state index contributed by atoms with van der Waals surface area (Å²) in [4.78, 5) is 13.9. The highest BCUT2D eigenvalue weighted by molar-refractivity contribution is 5.81. The van der Waals surface area contributed by atoms with Crippen LogP contribution < -0.4 is 4.74 Å². The molecule has 0 bridgehead atoms. The number of ether oxygens (including phenoxy) is 1. The normalized spacial score (nSPS) is 17.4.